The highest BCUT2D eigenvalue weighted by molar-refractivity contribution is 6.35. The van der Waals surface area contributed by atoms with Crippen molar-refractivity contribution in [3.05, 3.63) is 68.7 Å². The van der Waals surface area contributed by atoms with Gasteiger partial charge in [0.25, 0.3) is 0 Å². The molecule has 1 saturated heterocycles. The van der Waals surface area contributed by atoms with Crippen LogP contribution in [0.4, 0.5) is 0 Å². The summed E-state index contributed by atoms with van der Waals surface area (Å²) in [6.07, 6.45) is 2.64. The van der Waals surface area contributed by atoms with Crippen molar-refractivity contribution in [3.8, 4) is 0 Å². The van der Waals surface area contributed by atoms with Gasteiger partial charge in [0.05, 0.1) is 6.04 Å². The first-order chi connectivity index (χ1) is 13.9. The molecule has 2 aromatic carbocycles. The van der Waals surface area contributed by atoms with E-state index >= 15 is 0 Å². The molecule has 3 rings (SSSR count). The minimum absolute atomic E-state index is 0.0757. The molecule has 0 aromatic heterocycles. The number of hydrogen-bond acceptors (Lipinski definition) is 2. The zero-order chi connectivity index (χ0) is 21.0. The fraction of sp³-hybridized carbons (Fsp3) is 0.458. The SMILES string of the molecule is CC[C@@H](NC(=O)C1CCN(Cc2ccc(Cl)cc2Cl)CC1)c1ccc(C)cc1C. The summed E-state index contributed by atoms with van der Waals surface area (Å²) in [5, 5.41) is 4.66. The van der Waals surface area contributed by atoms with Crippen LogP contribution in [0.15, 0.2) is 36.4 Å². The molecule has 0 saturated carbocycles. The van der Waals surface area contributed by atoms with Crippen LogP contribution in [0.2, 0.25) is 10.0 Å². The predicted octanol–water partition coefficient (Wildman–Crippen LogP) is 6.09. The molecule has 0 aliphatic carbocycles. The van der Waals surface area contributed by atoms with Gasteiger partial charge >= 0.3 is 0 Å². The van der Waals surface area contributed by atoms with Crippen molar-refractivity contribution in [2.45, 2.75) is 52.6 Å². The van der Waals surface area contributed by atoms with E-state index in [4.69, 9.17) is 23.2 Å². The molecule has 2 aromatic rings. The summed E-state index contributed by atoms with van der Waals surface area (Å²) in [7, 11) is 0. The van der Waals surface area contributed by atoms with E-state index in [1.165, 1.54) is 16.7 Å². The molecule has 1 aliphatic rings. The van der Waals surface area contributed by atoms with E-state index in [1.54, 1.807) is 6.07 Å². The molecule has 1 fully saturated rings. The molecule has 0 bridgehead atoms. The average Bonchev–Trinajstić information content (AvgIpc) is 2.69. The molecule has 0 spiro atoms. The normalized spacial score (nSPS) is 16.6. The molecule has 3 nitrogen and oxygen atoms in total. The number of hydrogen-bond donors (Lipinski definition) is 1. The van der Waals surface area contributed by atoms with E-state index in [-0.39, 0.29) is 17.9 Å². The zero-order valence-corrected chi connectivity index (χ0v) is 19.0. The summed E-state index contributed by atoms with van der Waals surface area (Å²) in [5.74, 6) is 0.257. The Hall–Kier alpha value is -1.55. The smallest absolute Gasteiger partial charge is 0.223 e. The third-order valence-electron chi connectivity index (χ3n) is 5.89. The van der Waals surface area contributed by atoms with E-state index in [0.717, 1.165) is 44.5 Å². The van der Waals surface area contributed by atoms with Crippen LogP contribution in [0.1, 0.15) is 54.5 Å². The van der Waals surface area contributed by atoms with E-state index in [9.17, 15) is 4.79 Å². The van der Waals surface area contributed by atoms with Crippen molar-refractivity contribution in [1.29, 1.82) is 0 Å². The number of carbonyl (C=O) groups is 1. The van der Waals surface area contributed by atoms with Crippen molar-refractivity contribution < 1.29 is 4.79 Å². The van der Waals surface area contributed by atoms with Crippen molar-refractivity contribution in [3.63, 3.8) is 0 Å². The quantitative estimate of drug-likeness (QED) is 0.598. The third kappa shape index (κ3) is 5.75. The van der Waals surface area contributed by atoms with Gasteiger partial charge in [0.15, 0.2) is 0 Å². The Kier molecular flexibility index (Phi) is 7.61. The first-order valence-corrected chi connectivity index (χ1v) is 11.2. The second kappa shape index (κ2) is 9.97. The number of amides is 1. The number of benzene rings is 2. The summed E-state index contributed by atoms with van der Waals surface area (Å²) < 4.78 is 0. The first-order valence-electron chi connectivity index (χ1n) is 10.4. The lowest BCUT2D eigenvalue weighted by atomic mass is 9.93. The van der Waals surface area contributed by atoms with Crippen LogP contribution >= 0.6 is 23.2 Å². The first kappa shape index (κ1) is 22.1. The van der Waals surface area contributed by atoms with Gasteiger partial charge in [-0.2, -0.15) is 0 Å². The summed E-state index contributed by atoms with van der Waals surface area (Å²) >= 11 is 12.3. The van der Waals surface area contributed by atoms with E-state index in [1.807, 2.05) is 12.1 Å². The molecule has 1 aliphatic heterocycles. The highest BCUT2D eigenvalue weighted by Crippen LogP contribution is 2.26. The van der Waals surface area contributed by atoms with E-state index < -0.39 is 0 Å². The largest absolute Gasteiger partial charge is 0.349 e. The number of carbonyl (C=O) groups excluding carboxylic acids is 1. The molecule has 156 valence electrons. The van der Waals surface area contributed by atoms with Gasteiger partial charge in [-0.05, 0) is 75.0 Å². The van der Waals surface area contributed by atoms with Gasteiger partial charge in [0.2, 0.25) is 5.91 Å². The Labute approximate surface area is 184 Å². The number of halogens is 2. The molecule has 0 radical (unpaired) electrons. The Morgan fingerprint density at radius 2 is 1.86 bits per heavy atom. The summed E-state index contributed by atoms with van der Waals surface area (Å²) in [4.78, 5) is 15.3. The number of nitrogens with zero attached hydrogens (tertiary/aromatic N) is 1. The van der Waals surface area contributed by atoms with E-state index in [0.29, 0.717) is 10.0 Å². The number of likely N-dealkylation sites (tertiary alicyclic amines) is 1. The number of piperidine rings is 1. The van der Waals surface area contributed by atoms with Gasteiger partial charge in [-0.25, -0.2) is 0 Å². The van der Waals surface area contributed by atoms with Gasteiger partial charge in [0, 0.05) is 22.5 Å². The summed E-state index contributed by atoms with van der Waals surface area (Å²) in [6, 6.07) is 12.2. The monoisotopic (exact) mass is 432 g/mol. The fourth-order valence-electron chi connectivity index (χ4n) is 4.15. The Morgan fingerprint density at radius 1 is 1.14 bits per heavy atom. The second-order valence-electron chi connectivity index (χ2n) is 8.12. The number of nitrogens with one attached hydrogen (secondary N) is 1. The Balaban J connectivity index is 1.55. The molecular weight excluding hydrogens is 403 g/mol. The van der Waals surface area contributed by atoms with Crippen LogP contribution < -0.4 is 5.32 Å². The molecule has 29 heavy (non-hydrogen) atoms. The van der Waals surface area contributed by atoms with Gasteiger partial charge in [0.1, 0.15) is 0 Å². The second-order valence-corrected chi connectivity index (χ2v) is 8.96. The standard InChI is InChI=1S/C24H30Cl2N2O/c1-4-23(21-8-5-16(2)13-17(21)3)27-24(29)18-9-11-28(12-10-18)15-19-6-7-20(25)14-22(19)26/h5-8,13-14,18,23H,4,9-12,15H2,1-3H3,(H,27,29)/t23-/m1/s1. The highest BCUT2D eigenvalue weighted by atomic mass is 35.5. The fourth-order valence-corrected chi connectivity index (χ4v) is 4.62. The van der Waals surface area contributed by atoms with Crippen molar-refractivity contribution in [2.75, 3.05) is 13.1 Å². The van der Waals surface area contributed by atoms with Crippen LogP contribution in [0, 0.1) is 19.8 Å². The van der Waals surface area contributed by atoms with Gasteiger partial charge in [-0.15, -0.1) is 0 Å². The maximum absolute atomic E-state index is 12.9. The van der Waals surface area contributed by atoms with Crippen LogP contribution in [0.5, 0.6) is 0 Å². The van der Waals surface area contributed by atoms with Crippen molar-refractivity contribution in [1.82, 2.24) is 10.2 Å². The average molecular weight is 433 g/mol. The predicted molar refractivity (Wildman–Crippen MR) is 122 cm³/mol. The molecule has 1 amide bonds. The molecule has 1 atom stereocenters. The molecular formula is C24H30Cl2N2O. The highest BCUT2D eigenvalue weighted by Gasteiger charge is 2.27. The lowest BCUT2D eigenvalue weighted by molar-refractivity contribution is -0.127. The summed E-state index contributed by atoms with van der Waals surface area (Å²) in [5.41, 5.74) is 4.80. The minimum atomic E-state index is 0.0757. The topological polar surface area (TPSA) is 32.3 Å². The maximum Gasteiger partial charge on any atom is 0.223 e. The van der Waals surface area contributed by atoms with Gasteiger partial charge in [-0.3, -0.25) is 9.69 Å². The van der Waals surface area contributed by atoms with Crippen molar-refractivity contribution >= 4 is 29.1 Å². The number of aryl methyl sites for hydroxylation is 2. The van der Waals surface area contributed by atoms with Crippen LogP contribution in [0.25, 0.3) is 0 Å². The zero-order valence-electron chi connectivity index (χ0n) is 17.5. The van der Waals surface area contributed by atoms with E-state index in [2.05, 4.69) is 49.2 Å². The van der Waals surface area contributed by atoms with Crippen LogP contribution in [-0.4, -0.2) is 23.9 Å². The van der Waals surface area contributed by atoms with Crippen LogP contribution in [-0.2, 0) is 11.3 Å². The lowest BCUT2D eigenvalue weighted by Crippen LogP contribution is -2.41. The molecule has 0 unspecified atom stereocenters. The van der Waals surface area contributed by atoms with Gasteiger partial charge in [-0.1, -0.05) is 60.0 Å². The maximum atomic E-state index is 12.9. The minimum Gasteiger partial charge on any atom is -0.349 e. The molecule has 1 N–H and O–H groups in total. The van der Waals surface area contributed by atoms with Gasteiger partial charge < -0.3 is 5.32 Å². The van der Waals surface area contributed by atoms with Crippen molar-refractivity contribution in [2.24, 2.45) is 5.92 Å². The third-order valence-corrected chi connectivity index (χ3v) is 6.48. The molecule has 5 heteroatoms. The Bertz CT molecular complexity index is 860. The molecule has 1 heterocycles. The van der Waals surface area contributed by atoms with Crippen LogP contribution in [0.3, 0.4) is 0 Å². The Morgan fingerprint density at radius 3 is 2.48 bits per heavy atom. The summed E-state index contributed by atoms with van der Waals surface area (Å²) in [6.45, 7) is 8.95. The lowest BCUT2D eigenvalue weighted by Gasteiger charge is -2.32. The number of rotatable bonds is 6.